The van der Waals surface area contributed by atoms with Crippen LogP contribution in [0.25, 0.3) is 0 Å². The van der Waals surface area contributed by atoms with Crippen LogP contribution in [0.5, 0.6) is 0 Å². The number of hydrogen-bond acceptors (Lipinski definition) is 4. The molecule has 3 amide bonds. The van der Waals surface area contributed by atoms with E-state index in [-0.39, 0.29) is 23.9 Å². The molecule has 0 aliphatic carbocycles. The van der Waals surface area contributed by atoms with E-state index < -0.39 is 28.3 Å². The van der Waals surface area contributed by atoms with Gasteiger partial charge in [-0.3, -0.25) is 24.2 Å². The molecule has 166 valence electrons. The fourth-order valence-electron chi connectivity index (χ4n) is 4.20. The highest BCUT2D eigenvalue weighted by atomic mass is 32.2. The molecular formula is C24H17F2N3O3S. The Labute approximate surface area is 192 Å². The summed E-state index contributed by atoms with van der Waals surface area (Å²) < 4.78 is 27.1. The molecule has 1 spiro atoms. The minimum atomic E-state index is -1.43. The minimum absolute atomic E-state index is 0.0339. The van der Waals surface area contributed by atoms with Crippen molar-refractivity contribution in [3.05, 3.63) is 90.0 Å². The zero-order chi connectivity index (χ0) is 23.2. The molecule has 0 saturated carbocycles. The van der Waals surface area contributed by atoms with Crippen LogP contribution in [0.2, 0.25) is 0 Å². The number of carbonyl (C=O) groups is 3. The van der Waals surface area contributed by atoms with Gasteiger partial charge in [0.25, 0.3) is 5.91 Å². The van der Waals surface area contributed by atoms with E-state index in [1.54, 1.807) is 30.3 Å². The van der Waals surface area contributed by atoms with E-state index in [9.17, 15) is 23.2 Å². The Bertz CT molecular complexity index is 1280. The van der Waals surface area contributed by atoms with Gasteiger partial charge in [0, 0.05) is 16.9 Å². The number of nitrogens with one attached hydrogen (secondary N) is 1. The number of halogens is 2. The third-order valence-electron chi connectivity index (χ3n) is 5.56. The van der Waals surface area contributed by atoms with Crippen LogP contribution in [-0.4, -0.2) is 30.0 Å². The first-order valence-electron chi connectivity index (χ1n) is 10.1. The largest absolute Gasteiger partial charge is 0.325 e. The van der Waals surface area contributed by atoms with Crippen molar-refractivity contribution in [1.29, 1.82) is 0 Å². The highest BCUT2D eigenvalue weighted by molar-refractivity contribution is 8.02. The summed E-state index contributed by atoms with van der Waals surface area (Å²) in [5.41, 5.74) is 1.72. The van der Waals surface area contributed by atoms with Crippen LogP contribution in [0.3, 0.4) is 0 Å². The number of hydrogen-bond donors (Lipinski definition) is 1. The SMILES string of the molecule is O=C(CN1C(=O)C2(SCC(=O)N2c2cccc(F)c2)c2ccccc21)Nc1ccc(F)cc1. The molecular weight excluding hydrogens is 448 g/mol. The van der Waals surface area contributed by atoms with Crippen molar-refractivity contribution in [2.24, 2.45) is 0 Å². The summed E-state index contributed by atoms with van der Waals surface area (Å²) in [5.74, 6) is -2.19. The maximum absolute atomic E-state index is 14.0. The molecule has 2 heterocycles. The fourth-order valence-corrected chi connectivity index (χ4v) is 5.56. The van der Waals surface area contributed by atoms with E-state index in [1.807, 2.05) is 0 Å². The standard InChI is InChI=1S/C24H17F2N3O3S/c25-15-8-10-17(11-9-15)27-21(30)13-28-20-7-2-1-6-19(20)24(23(28)32)29(22(31)14-33-24)18-5-3-4-16(26)12-18/h1-12H,13-14H2,(H,27,30). The number of para-hydroxylation sites is 1. The summed E-state index contributed by atoms with van der Waals surface area (Å²) in [6.07, 6.45) is 0. The predicted molar refractivity (Wildman–Crippen MR) is 122 cm³/mol. The summed E-state index contributed by atoms with van der Waals surface area (Å²) in [6, 6.07) is 17.8. The zero-order valence-corrected chi connectivity index (χ0v) is 17.9. The molecule has 0 aromatic heterocycles. The molecule has 33 heavy (non-hydrogen) atoms. The molecule has 5 rings (SSSR count). The quantitative estimate of drug-likeness (QED) is 0.635. The fraction of sp³-hybridized carbons (Fsp3) is 0.125. The highest BCUT2D eigenvalue weighted by Crippen LogP contribution is 2.55. The van der Waals surface area contributed by atoms with Gasteiger partial charge in [-0.15, -0.1) is 11.8 Å². The number of amides is 3. The first-order valence-corrected chi connectivity index (χ1v) is 11.1. The molecule has 6 nitrogen and oxygen atoms in total. The number of rotatable bonds is 4. The normalized spacial score (nSPS) is 19.3. The molecule has 0 radical (unpaired) electrons. The molecule has 2 aliphatic rings. The number of anilines is 3. The van der Waals surface area contributed by atoms with Crippen molar-refractivity contribution in [3.63, 3.8) is 0 Å². The van der Waals surface area contributed by atoms with Crippen LogP contribution in [0, 0.1) is 11.6 Å². The van der Waals surface area contributed by atoms with Crippen molar-refractivity contribution in [2.45, 2.75) is 4.87 Å². The zero-order valence-electron chi connectivity index (χ0n) is 17.1. The second-order valence-electron chi connectivity index (χ2n) is 7.61. The second-order valence-corrected chi connectivity index (χ2v) is 8.77. The van der Waals surface area contributed by atoms with Crippen LogP contribution < -0.4 is 15.1 Å². The van der Waals surface area contributed by atoms with Crippen molar-refractivity contribution in [3.8, 4) is 0 Å². The van der Waals surface area contributed by atoms with Crippen LogP contribution >= 0.6 is 11.8 Å². The number of carbonyl (C=O) groups excluding carboxylic acids is 3. The molecule has 1 unspecified atom stereocenters. The van der Waals surface area contributed by atoms with Gasteiger partial charge in [0.15, 0.2) is 0 Å². The van der Waals surface area contributed by atoms with Crippen molar-refractivity contribution >= 4 is 46.5 Å². The van der Waals surface area contributed by atoms with Crippen molar-refractivity contribution in [1.82, 2.24) is 0 Å². The number of nitrogens with zero attached hydrogens (tertiary/aromatic N) is 2. The Morgan fingerprint density at radius 3 is 2.48 bits per heavy atom. The highest BCUT2D eigenvalue weighted by Gasteiger charge is 2.61. The third-order valence-corrected chi connectivity index (χ3v) is 6.95. The number of benzene rings is 3. The Morgan fingerprint density at radius 1 is 0.970 bits per heavy atom. The summed E-state index contributed by atoms with van der Waals surface area (Å²) in [4.78, 5) is 40.7. The van der Waals surface area contributed by atoms with Crippen molar-refractivity contribution in [2.75, 3.05) is 27.4 Å². The van der Waals surface area contributed by atoms with Gasteiger partial charge in [-0.05, 0) is 48.5 Å². The third kappa shape index (κ3) is 3.45. The van der Waals surface area contributed by atoms with Crippen LogP contribution in [0.15, 0.2) is 72.8 Å². The lowest BCUT2D eigenvalue weighted by atomic mass is 10.0. The van der Waals surface area contributed by atoms with E-state index in [2.05, 4.69) is 5.32 Å². The van der Waals surface area contributed by atoms with Gasteiger partial charge in [-0.2, -0.15) is 0 Å². The molecule has 3 aromatic carbocycles. The van der Waals surface area contributed by atoms with Gasteiger partial charge in [0.1, 0.15) is 18.2 Å². The Morgan fingerprint density at radius 2 is 1.73 bits per heavy atom. The molecule has 1 atom stereocenters. The minimum Gasteiger partial charge on any atom is -0.325 e. The average molecular weight is 465 g/mol. The maximum atomic E-state index is 14.0. The van der Waals surface area contributed by atoms with E-state index >= 15 is 0 Å². The van der Waals surface area contributed by atoms with E-state index in [0.717, 1.165) is 11.8 Å². The van der Waals surface area contributed by atoms with Gasteiger partial charge in [0.2, 0.25) is 16.7 Å². The molecule has 1 fully saturated rings. The predicted octanol–water partition coefficient (Wildman–Crippen LogP) is 3.88. The summed E-state index contributed by atoms with van der Waals surface area (Å²) in [6.45, 7) is -0.305. The molecule has 0 bridgehead atoms. The maximum Gasteiger partial charge on any atom is 0.269 e. The Balaban J connectivity index is 1.51. The molecule has 1 saturated heterocycles. The Hall–Kier alpha value is -3.72. The first kappa shape index (κ1) is 21.1. The van der Waals surface area contributed by atoms with E-state index in [1.165, 1.54) is 52.3 Å². The lowest BCUT2D eigenvalue weighted by molar-refractivity contribution is -0.124. The van der Waals surface area contributed by atoms with Crippen molar-refractivity contribution < 1.29 is 23.2 Å². The van der Waals surface area contributed by atoms with Crippen LogP contribution in [-0.2, 0) is 19.3 Å². The lowest BCUT2D eigenvalue weighted by Crippen LogP contribution is -2.50. The van der Waals surface area contributed by atoms with Gasteiger partial charge in [-0.1, -0.05) is 24.3 Å². The number of fused-ring (bicyclic) bond motifs is 2. The average Bonchev–Trinajstić information content (AvgIpc) is 3.26. The van der Waals surface area contributed by atoms with Crippen LogP contribution in [0.4, 0.5) is 25.8 Å². The molecule has 2 aliphatic heterocycles. The molecule has 9 heteroatoms. The molecule has 1 N–H and O–H groups in total. The summed E-state index contributed by atoms with van der Waals surface area (Å²) in [5, 5.41) is 2.65. The van der Waals surface area contributed by atoms with E-state index in [0.29, 0.717) is 16.9 Å². The van der Waals surface area contributed by atoms with Gasteiger partial charge in [-0.25, -0.2) is 8.78 Å². The Kier molecular flexibility index (Phi) is 5.13. The molecule has 3 aromatic rings. The summed E-state index contributed by atoms with van der Waals surface area (Å²) >= 11 is 1.15. The van der Waals surface area contributed by atoms with Gasteiger partial charge < -0.3 is 5.32 Å². The monoisotopic (exact) mass is 465 g/mol. The van der Waals surface area contributed by atoms with Gasteiger partial charge >= 0.3 is 0 Å². The number of thioether (sulfide) groups is 1. The van der Waals surface area contributed by atoms with Crippen LogP contribution in [0.1, 0.15) is 5.56 Å². The van der Waals surface area contributed by atoms with E-state index in [4.69, 9.17) is 0 Å². The first-order chi connectivity index (χ1) is 15.9. The van der Waals surface area contributed by atoms with Gasteiger partial charge in [0.05, 0.1) is 11.4 Å². The summed E-state index contributed by atoms with van der Waals surface area (Å²) in [7, 11) is 0. The topological polar surface area (TPSA) is 69.7 Å². The lowest BCUT2D eigenvalue weighted by Gasteiger charge is -2.33. The second kappa shape index (κ2) is 8.00. The smallest absolute Gasteiger partial charge is 0.269 e.